The Kier molecular flexibility index (Phi) is 4.42. The van der Waals surface area contributed by atoms with Gasteiger partial charge in [0.15, 0.2) is 11.6 Å². The van der Waals surface area contributed by atoms with Crippen molar-refractivity contribution in [1.29, 1.82) is 0 Å². The molecule has 18 heavy (non-hydrogen) atoms. The molecule has 2 aromatic rings. The fourth-order valence-corrected chi connectivity index (χ4v) is 1.98. The summed E-state index contributed by atoms with van der Waals surface area (Å²) in [7, 11) is 1.63. The number of benzene rings is 1. The molecule has 3 nitrogen and oxygen atoms in total. The number of hydrogen-bond acceptors (Lipinski definition) is 3. The second kappa shape index (κ2) is 6.26. The van der Waals surface area contributed by atoms with E-state index < -0.39 is 0 Å². The molecule has 0 spiro atoms. The van der Waals surface area contributed by atoms with Crippen molar-refractivity contribution < 1.29 is 4.74 Å². The predicted octanol–water partition coefficient (Wildman–Crippen LogP) is 3.48. The molecule has 4 heteroatoms. The van der Waals surface area contributed by atoms with Gasteiger partial charge in [0.05, 0.1) is 13.2 Å². The first-order valence-corrected chi connectivity index (χ1v) is 6.25. The fourth-order valence-electron chi connectivity index (χ4n) is 1.73. The van der Waals surface area contributed by atoms with Gasteiger partial charge in [0.25, 0.3) is 0 Å². The van der Waals surface area contributed by atoms with E-state index >= 15 is 0 Å². The van der Waals surface area contributed by atoms with Crippen LogP contribution < -0.4 is 10.1 Å². The zero-order chi connectivity index (χ0) is 12.8. The summed E-state index contributed by atoms with van der Waals surface area (Å²) in [5.74, 6) is 1.88. The van der Waals surface area contributed by atoms with Gasteiger partial charge in [-0.2, -0.15) is 0 Å². The molecular weight excluding hydrogens is 248 g/mol. The number of ether oxygens (including phenoxy) is 1. The van der Waals surface area contributed by atoms with E-state index in [-0.39, 0.29) is 6.04 Å². The Hall–Kier alpha value is -1.74. The van der Waals surface area contributed by atoms with E-state index in [9.17, 15) is 0 Å². The normalized spacial score (nSPS) is 11.9. The van der Waals surface area contributed by atoms with Crippen molar-refractivity contribution in [2.45, 2.75) is 6.04 Å². The number of aromatic nitrogens is 1. The molecule has 0 aliphatic carbocycles. The molecule has 94 valence electrons. The van der Waals surface area contributed by atoms with Crippen LogP contribution >= 0.6 is 11.6 Å². The highest BCUT2D eigenvalue weighted by molar-refractivity contribution is 6.18. The first-order valence-electron chi connectivity index (χ1n) is 5.71. The maximum absolute atomic E-state index is 6.02. The van der Waals surface area contributed by atoms with Gasteiger partial charge < -0.3 is 10.1 Å². The summed E-state index contributed by atoms with van der Waals surface area (Å²) in [6.45, 7) is 0. The van der Waals surface area contributed by atoms with Crippen LogP contribution in [0.1, 0.15) is 11.6 Å². The summed E-state index contributed by atoms with van der Waals surface area (Å²) in [5.41, 5.74) is 1.13. The summed E-state index contributed by atoms with van der Waals surface area (Å²) in [6.07, 6.45) is 1.72. The van der Waals surface area contributed by atoms with Crippen LogP contribution in [0.2, 0.25) is 0 Å². The molecule has 1 heterocycles. The Bertz CT molecular complexity index is 490. The van der Waals surface area contributed by atoms with Gasteiger partial charge in [-0.05, 0) is 17.7 Å². The SMILES string of the molecule is COc1cccnc1NC(CCl)c1ccccc1. The molecule has 1 aromatic heterocycles. The van der Waals surface area contributed by atoms with Gasteiger partial charge in [-0.15, -0.1) is 11.6 Å². The lowest BCUT2D eigenvalue weighted by Crippen LogP contribution is -2.13. The molecule has 0 fully saturated rings. The topological polar surface area (TPSA) is 34.1 Å². The van der Waals surface area contributed by atoms with Crippen LogP contribution in [0.5, 0.6) is 5.75 Å². The molecule has 1 unspecified atom stereocenters. The summed E-state index contributed by atoms with van der Waals surface area (Å²) in [4.78, 5) is 4.27. The van der Waals surface area contributed by atoms with Gasteiger partial charge >= 0.3 is 0 Å². The lowest BCUT2D eigenvalue weighted by atomic mass is 10.1. The van der Waals surface area contributed by atoms with Gasteiger partial charge in [0, 0.05) is 12.1 Å². The molecule has 1 aromatic carbocycles. The predicted molar refractivity (Wildman–Crippen MR) is 74.3 cm³/mol. The molecule has 2 rings (SSSR count). The van der Waals surface area contributed by atoms with Crippen LogP contribution in [-0.2, 0) is 0 Å². The lowest BCUT2D eigenvalue weighted by molar-refractivity contribution is 0.414. The number of rotatable bonds is 5. The third-order valence-electron chi connectivity index (χ3n) is 2.66. The molecule has 0 aliphatic heterocycles. The van der Waals surface area contributed by atoms with E-state index in [0.29, 0.717) is 17.4 Å². The highest BCUT2D eigenvalue weighted by Gasteiger charge is 2.12. The molecule has 0 amide bonds. The first kappa shape index (κ1) is 12.7. The second-order valence-electron chi connectivity index (χ2n) is 3.82. The quantitative estimate of drug-likeness (QED) is 0.838. The number of alkyl halides is 1. The molecule has 0 aliphatic rings. The van der Waals surface area contributed by atoms with E-state index in [4.69, 9.17) is 16.3 Å². The molecule has 0 radical (unpaired) electrons. The molecular formula is C14H15ClN2O. The number of pyridine rings is 1. The van der Waals surface area contributed by atoms with Gasteiger partial charge in [-0.25, -0.2) is 4.98 Å². The van der Waals surface area contributed by atoms with E-state index in [2.05, 4.69) is 10.3 Å². The largest absolute Gasteiger partial charge is 0.493 e. The number of hydrogen-bond donors (Lipinski definition) is 1. The van der Waals surface area contributed by atoms with Crippen LogP contribution in [-0.4, -0.2) is 18.0 Å². The van der Waals surface area contributed by atoms with Crippen LogP contribution in [0, 0.1) is 0 Å². The number of nitrogens with zero attached hydrogens (tertiary/aromatic N) is 1. The Balaban J connectivity index is 2.21. The van der Waals surface area contributed by atoms with Crippen molar-refractivity contribution in [3.8, 4) is 5.75 Å². The lowest BCUT2D eigenvalue weighted by Gasteiger charge is -2.18. The maximum atomic E-state index is 6.02. The second-order valence-corrected chi connectivity index (χ2v) is 4.12. The Morgan fingerprint density at radius 2 is 2.00 bits per heavy atom. The van der Waals surface area contributed by atoms with Gasteiger partial charge in [0.2, 0.25) is 0 Å². The summed E-state index contributed by atoms with van der Waals surface area (Å²) < 4.78 is 5.26. The average Bonchev–Trinajstić information content (AvgIpc) is 2.46. The standard InChI is InChI=1S/C14H15ClN2O/c1-18-13-8-5-9-16-14(13)17-12(10-15)11-6-3-2-4-7-11/h2-9,12H,10H2,1H3,(H,16,17). The van der Waals surface area contributed by atoms with E-state index in [1.807, 2.05) is 42.5 Å². The van der Waals surface area contributed by atoms with Crippen molar-refractivity contribution in [2.75, 3.05) is 18.3 Å². The summed E-state index contributed by atoms with van der Waals surface area (Å²) in [6, 6.07) is 13.8. The molecule has 0 saturated heterocycles. The van der Waals surface area contributed by atoms with Crippen LogP contribution in [0.15, 0.2) is 48.7 Å². The van der Waals surface area contributed by atoms with Crippen molar-refractivity contribution in [1.82, 2.24) is 4.98 Å². The smallest absolute Gasteiger partial charge is 0.169 e. The Morgan fingerprint density at radius 1 is 1.22 bits per heavy atom. The van der Waals surface area contributed by atoms with Gasteiger partial charge in [-0.3, -0.25) is 0 Å². The summed E-state index contributed by atoms with van der Waals surface area (Å²) >= 11 is 6.02. The fraction of sp³-hybridized carbons (Fsp3) is 0.214. The molecule has 1 N–H and O–H groups in total. The van der Waals surface area contributed by atoms with Gasteiger partial charge in [-0.1, -0.05) is 30.3 Å². The van der Waals surface area contributed by atoms with Crippen LogP contribution in [0.4, 0.5) is 5.82 Å². The minimum atomic E-state index is 0.0108. The first-order chi connectivity index (χ1) is 8.85. The number of halogens is 1. The number of nitrogens with one attached hydrogen (secondary N) is 1. The van der Waals surface area contributed by atoms with Crippen molar-refractivity contribution in [3.05, 3.63) is 54.2 Å². The van der Waals surface area contributed by atoms with E-state index in [0.717, 1.165) is 5.56 Å². The van der Waals surface area contributed by atoms with Gasteiger partial charge in [0.1, 0.15) is 0 Å². The van der Waals surface area contributed by atoms with E-state index in [1.54, 1.807) is 13.3 Å². The average molecular weight is 263 g/mol. The highest BCUT2D eigenvalue weighted by atomic mass is 35.5. The zero-order valence-electron chi connectivity index (χ0n) is 10.1. The maximum Gasteiger partial charge on any atom is 0.169 e. The van der Waals surface area contributed by atoms with Crippen LogP contribution in [0.3, 0.4) is 0 Å². The van der Waals surface area contributed by atoms with Crippen molar-refractivity contribution in [2.24, 2.45) is 0 Å². The third-order valence-corrected chi connectivity index (χ3v) is 2.97. The number of methoxy groups -OCH3 is 1. The Morgan fingerprint density at radius 3 is 2.67 bits per heavy atom. The minimum absolute atomic E-state index is 0.0108. The molecule has 0 bridgehead atoms. The van der Waals surface area contributed by atoms with Crippen LogP contribution in [0.25, 0.3) is 0 Å². The third kappa shape index (κ3) is 2.93. The van der Waals surface area contributed by atoms with Crippen molar-refractivity contribution in [3.63, 3.8) is 0 Å². The van der Waals surface area contributed by atoms with E-state index in [1.165, 1.54) is 0 Å². The Labute approximate surface area is 112 Å². The molecule has 1 atom stereocenters. The monoisotopic (exact) mass is 262 g/mol. The minimum Gasteiger partial charge on any atom is -0.493 e. The highest BCUT2D eigenvalue weighted by Crippen LogP contribution is 2.26. The number of anilines is 1. The van der Waals surface area contributed by atoms with Crippen molar-refractivity contribution >= 4 is 17.4 Å². The summed E-state index contributed by atoms with van der Waals surface area (Å²) in [5, 5.41) is 3.30. The molecule has 0 saturated carbocycles. The zero-order valence-corrected chi connectivity index (χ0v) is 10.9.